The summed E-state index contributed by atoms with van der Waals surface area (Å²) in [5.74, 6) is -0.283. The smallest absolute Gasteiger partial charge is 1.00 e. The Morgan fingerprint density at radius 2 is 2.31 bits per heavy atom. The summed E-state index contributed by atoms with van der Waals surface area (Å²) in [6, 6.07) is 0. The van der Waals surface area contributed by atoms with Gasteiger partial charge in [-0.1, -0.05) is 6.58 Å². The molecule has 1 amide bonds. The van der Waals surface area contributed by atoms with E-state index in [0.29, 0.717) is 4.38 Å². The van der Waals surface area contributed by atoms with Crippen molar-refractivity contribution in [3.8, 4) is 0 Å². The van der Waals surface area contributed by atoms with E-state index in [2.05, 4.69) is 11.3 Å². The van der Waals surface area contributed by atoms with E-state index in [1.807, 2.05) is 13.8 Å². The molecule has 13 heavy (non-hydrogen) atoms. The van der Waals surface area contributed by atoms with E-state index < -0.39 is 0 Å². The Hall–Kier alpha value is 0.450. The van der Waals surface area contributed by atoms with Gasteiger partial charge in [0, 0.05) is 11.9 Å². The van der Waals surface area contributed by atoms with Crippen LogP contribution >= 0.6 is 24.2 Å². The first-order valence-electron chi connectivity index (χ1n) is 3.36. The summed E-state index contributed by atoms with van der Waals surface area (Å²) in [5, 5.41) is 0. The third-order valence-electron chi connectivity index (χ3n) is 0.752. The number of carbonyl (C=O) groups excluding carboxylic acids is 1. The number of carbonyl (C=O) groups is 1. The second-order valence-electron chi connectivity index (χ2n) is 2.19. The van der Waals surface area contributed by atoms with E-state index in [0.717, 1.165) is 11.9 Å². The molecule has 0 bridgehead atoms. The molecule has 0 rings (SSSR count). The average Bonchev–Trinajstić information content (AvgIpc) is 1.99. The minimum atomic E-state index is -0.283. The molecule has 0 aromatic heterocycles. The summed E-state index contributed by atoms with van der Waals surface area (Å²) in [7, 11) is 0. The number of nitrogens with one attached hydrogen (secondary N) is 1. The van der Waals surface area contributed by atoms with E-state index in [9.17, 15) is 4.79 Å². The van der Waals surface area contributed by atoms with Crippen LogP contribution in [0.3, 0.4) is 0 Å². The van der Waals surface area contributed by atoms with Crippen molar-refractivity contribution in [3.63, 3.8) is 0 Å². The van der Waals surface area contributed by atoms with E-state index in [-0.39, 0.29) is 43.0 Å². The first-order chi connectivity index (χ1) is 5.56. The van der Waals surface area contributed by atoms with Crippen molar-refractivity contribution < 1.29 is 40.5 Å². The number of hydrogen-bond acceptors (Lipinski definition) is 4. The molecule has 0 aliphatic carbocycles. The maximum absolute atomic E-state index is 10.6. The van der Waals surface area contributed by atoms with Gasteiger partial charge in [-0.2, -0.15) is 0 Å². The maximum Gasteiger partial charge on any atom is 1.00 e. The van der Waals surface area contributed by atoms with Crippen LogP contribution in [0.2, 0.25) is 0 Å². The number of hydrogen-bond donors (Lipinski definition) is 1. The van der Waals surface area contributed by atoms with Crippen LogP contribution in [0, 0.1) is 0 Å². The molecule has 0 aliphatic rings. The van der Waals surface area contributed by atoms with Gasteiger partial charge < -0.3 is 6.16 Å². The molecular weight excluding hydrogens is 217 g/mol. The van der Waals surface area contributed by atoms with Crippen molar-refractivity contribution in [2.75, 3.05) is 0 Å². The normalized spacial score (nSPS) is 8.54. The van der Waals surface area contributed by atoms with Gasteiger partial charge in [0.15, 0.2) is 0 Å². The van der Waals surface area contributed by atoms with Crippen LogP contribution in [-0.2, 0) is 9.53 Å². The number of rotatable bonds is 2. The third kappa shape index (κ3) is 10.4. The van der Waals surface area contributed by atoms with Gasteiger partial charge in [-0.15, -0.1) is 0 Å². The van der Waals surface area contributed by atoms with Crippen LogP contribution in [0.5, 0.6) is 0 Å². The quantitative estimate of drug-likeness (QED) is 0.278. The molecule has 0 saturated heterocycles. The zero-order chi connectivity index (χ0) is 9.56. The third-order valence-corrected chi connectivity index (χ3v) is 1.66. The molecule has 0 fully saturated rings. The van der Waals surface area contributed by atoms with E-state index in [1.54, 1.807) is 0 Å². The van der Waals surface area contributed by atoms with Gasteiger partial charge in [0.1, 0.15) is 0 Å². The molecule has 0 aliphatic heterocycles. The van der Waals surface area contributed by atoms with Crippen molar-refractivity contribution in [2.45, 2.75) is 20.0 Å². The molecule has 6 heteroatoms. The van der Waals surface area contributed by atoms with Crippen LogP contribution in [0.4, 0.5) is 0 Å². The predicted molar refractivity (Wildman–Crippen MR) is 55.9 cm³/mol. The van der Waals surface area contributed by atoms with Crippen LogP contribution in [-0.4, -0.2) is 16.4 Å². The summed E-state index contributed by atoms with van der Waals surface area (Å²) in [5.41, 5.74) is 0. The summed E-state index contributed by atoms with van der Waals surface area (Å²) in [4.78, 5) is 10.6. The predicted octanol–water partition coefficient (Wildman–Crippen LogP) is -1.24. The second kappa shape index (κ2) is 9.02. The summed E-state index contributed by atoms with van der Waals surface area (Å²) in [6.45, 7) is 7.02. The SMILES string of the molecule is C=CC(=O)NSC(=S)OC(C)C.[H-].[Na+]. The van der Waals surface area contributed by atoms with Crippen molar-refractivity contribution in [1.82, 2.24) is 4.72 Å². The molecule has 0 radical (unpaired) electrons. The molecule has 0 unspecified atom stereocenters. The van der Waals surface area contributed by atoms with Crippen molar-refractivity contribution >= 4 is 34.5 Å². The molecule has 0 heterocycles. The number of amides is 1. The van der Waals surface area contributed by atoms with Crippen LogP contribution < -0.4 is 34.3 Å². The van der Waals surface area contributed by atoms with Crippen molar-refractivity contribution in [1.29, 1.82) is 0 Å². The fourth-order valence-corrected chi connectivity index (χ4v) is 1.18. The topological polar surface area (TPSA) is 38.3 Å². The first-order valence-corrected chi connectivity index (χ1v) is 4.58. The molecule has 0 atom stereocenters. The van der Waals surface area contributed by atoms with Crippen LogP contribution in [0.25, 0.3) is 0 Å². The van der Waals surface area contributed by atoms with Gasteiger partial charge >= 0.3 is 29.6 Å². The number of thiocarbonyl (C=S) groups is 1. The van der Waals surface area contributed by atoms with E-state index in [4.69, 9.17) is 17.0 Å². The van der Waals surface area contributed by atoms with Gasteiger partial charge in [0.25, 0.3) is 5.91 Å². The molecule has 0 aromatic rings. The van der Waals surface area contributed by atoms with Gasteiger partial charge in [0.05, 0.1) is 6.10 Å². The molecule has 70 valence electrons. The summed E-state index contributed by atoms with van der Waals surface area (Å²) in [6.07, 6.45) is 1.20. The van der Waals surface area contributed by atoms with Crippen LogP contribution in [0.15, 0.2) is 12.7 Å². The standard InChI is InChI=1S/C7H11NO2S2.Na.H/c1-4-6(9)8-12-7(11)10-5(2)3;;/h4-5H,1H2,2-3H3,(H,8,9);;/q;+1;-1. The zero-order valence-corrected chi connectivity index (χ0v) is 11.6. The Labute approximate surface area is 112 Å². The minimum absolute atomic E-state index is 0. The molecule has 0 aromatic carbocycles. The van der Waals surface area contributed by atoms with Gasteiger partial charge in [-0.3, -0.25) is 9.52 Å². The van der Waals surface area contributed by atoms with E-state index >= 15 is 0 Å². The molecule has 3 nitrogen and oxygen atoms in total. The van der Waals surface area contributed by atoms with E-state index in [1.165, 1.54) is 6.08 Å². The maximum atomic E-state index is 10.6. The second-order valence-corrected chi connectivity index (χ2v) is 3.60. The Morgan fingerprint density at radius 1 is 1.77 bits per heavy atom. The van der Waals surface area contributed by atoms with Crippen molar-refractivity contribution in [2.24, 2.45) is 0 Å². The molecule has 1 N–H and O–H groups in total. The molecule has 0 spiro atoms. The van der Waals surface area contributed by atoms with Crippen LogP contribution in [0.1, 0.15) is 15.3 Å². The Bertz CT molecular complexity index is 202. The molecular formula is C7H12NNaO2S2. The van der Waals surface area contributed by atoms with Gasteiger partial charge in [0.2, 0.25) is 4.38 Å². The van der Waals surface area contributed by atoms with Gasteiger partial charge in [-0.25, -0.2) is 0 Å². The fraction of sp³-hybridized carbons (Fsp3) is 0.429. The zero-order valence-electron chi connectivity index (χ0n) is 8.99. The van der Waals surface area contributed by atoms with Crippen molar-refractivity contribution in [3.05, 3.63) is 12.7 Å². The summed E-state index contributed by atoms with van der Waals surface area (Å²) < 4.78 is 7.83. The summed E-state index contributed by atoms with van der Waals surface area (Å²) >= 11 is 5.76. The fourth-order valence-electron chi connectivity index (χ4n) is 0.350. The Morgan fingerprint density at radius 3 is 2.69 bits per heavy atom. The Kier molecular flexibility index (Phi) is 11.0. The minimum Gasteiger partial charge on any atom is -1.00 e. The largest absolute Gasteiger partial charge is 1.00 e. The monoisotopic (exact) mass is 229 g/mol. The first kappa shape index (κ1) is 15.9. The van der Waals surface area contributed by atoms with Gasteiger partial charge in [-0.05, 0) is 32.1 Å². The number of ether oxygens (including phenoxy) is 1. The average molecular weight is 229 g/mol. The Balaban J connectivity index is -0.000000605. The molecule has 0 saturated carbocycles.